The number of esters is 1. The molecule has 5 heteroatoms. The van der Waals surface area contributed by atoms with Gasteiger partial charge in [-0.3, -0.25) is 4.79 Å². The van der Waals surface area contributed by atoms with Crippen molar-refractivity contribution >= 4 is 5.97 Å². The zero-order valence-corrected chi connectivity index (χ0v) is 18.9. The Morgan fingerprint density at radius 1 is 1.15 bits per heavy atom. The van der Waals surface area contributed by atoms with Crippen LogP contribution in [-0.2, 0) is 16.1 Å². The summed E-state index contributed by atoms with van der Waals surface area (Å²) in [4.78, 5) is 12.9. The van der Waals surface area contributed by atoms with Gasteiger partial charge in [-0.25, -0.2) is 0 Å². The van der Waals surface area contributed by atoms with Crippen LogP contribution in [0.3, 0.4) is 0 Å². The van der Waals surface area contributed by atoms with E-state index in [2.05, 4.69) is 7.05 Å². The molecule has 0 amide bonds. The molecule has 2 aromatic rings. The molecular weight excluding hydrogens is 414 g/mol. The molecule has 2 heterocycles. The van der Waals surface area contributed by atoms with E-state index >= 15 is 0 Å². The molecule has 1 N–H and O–H groups in total. The van der Waals surface area contributed by atoms with Gasteiger partial charge in [-0.2, -0.15) is 0 Å². The SMILES string of the molecule is [2H]C([2H])([2H])C([2H])([2H])C([2H])([2H])C([2H])([2H])Oc1ccc(C[N+]2(C)C3CCC2CC(OC(=O)[C@@H](CO)c2ccccc2)C3)cc1. The van der Waals surface area contributed by atoms with Gasteiger partial charge in [-0.1, -0.05) is 43.6 Å². The van der Waals surface area contributed by atoms with Crippen molar-refractivity contribution in [3.8, 4) is 5.75 Å². The van der Waals surface area contributed by atoms with E-state index in [1.54, 1.807) is 24.3 Å². The van der Waals surface area contributed by atoms with Gasteiger partial charge in [0.25, 0.3) is 0 Å². The van der Waals surface area contributed by atoms with E-state index in [1.807, 2.05) is 18.2 Å². The molecule has 3 atom stereocenters. The molecule has 2 aliphatic rings. The summed E-state index contributed by atoms with van der Waals surface area (Å²) in [5.41, 5.74) is 1.65. The molecule has 0 spiro atoms. The first kappa shape index (κ1) is 14.8. The van der Waals surface area contributed by atoms with Gasteiger partial charge in [-0.05, 0) is 36.2 Å². The van der Waals surface area contributed by atoms with Crippen molar-refractivity contribution in [3.63, 3.8) is 0 Å². The summed E-state index contributed by atoms with van der Waals surface area (Å²) in [7, 11) is 2.18. The van der Waals surface area contributed by atoms with Crippen molar-refractivity contribution in [1.82, 2.24) is 0 Å². The fourth-order valence-electron chi connectivity index (χ4n) is 5.46. The number of piperidine rings is 1. The first-order valence-electron chi connectivity index (χ1n) is 15.9. The monoisotopic (exact) mass is 461 g/mol. The third-order valence-corrected chi connectivity index (χ3v) is 7.25. The molecule has 4 rings (SSSR count). The Balaban J connectivity index is 1.40. The second-order valence-corrected chi connectivity index (χ2v) is 9.16. The van der Waals surface area contributed by atoms with Crippen molar-refractivity contribution in [3.05, 3.63) is 65.7 Å². The molecule has 2 saturated heterocycles. The number of quaternary nitrogens is 1. The highest BCUT2D eigenvalue weighted by Gasteiger charge is 2.52. The van der Waals surface area contributed by atoms with Gasteiger partial charge >= 0.3 is 5.97 Å². The van der Waals surface area contributed by atoms with Crippen LogP contribution in [0.5, 0.6) is 5.75 Å². The van der Waals surface area contributed by atoms with Crippen LogP contribution in [0.1, 0.15) is 74.7 Å². The standard InChI is InChI=1S/C28H38NO4/c1-3-4-16-32-25-14-10-21(11-15-25)19-29(2)23-12-13-24(29)18-26(17-23)33-28(31)27(20-30)22-8-6-5-7-9-22/h5-11,14-15,23-24,26-27,30H,3-4,12-13,16-20H2,1-2H3/q+1/t23?,24?,26?,27-,29?/m0/s1/i1D3,3D2,4D2,16D2. The lowest BCUT2D eigenvalue weighted by Crippen LogP contribution is -2.58. The van der Waals surface area contributed by atoms with Gasteiger partial charge in [0.1, 0.15) is 24.3 Å². The van der Waals surface area contributed by atoms with E-state index in [-0.39, 0.29) is 30.5 Å². The van der Waals surface area contributed by atoms with E-state index in [1.165, 1.54) is 12.1 Å². The first-order valence-corrected chi connectivity index (χ1v) is 11.4. The van der Waals surface area contributed by atoms with Crippen molar-refractivity contribution in [2.75, 3.05) is 20.2 Å². The predicted octanol–water partition coefficient (Wildman–Crippen LogP) is 4.82. The number of hydrogen-bond acceptors (Lipinski definition) is 4. The van der Waals surface area contributed by atoms with E-state index in [4.69, 9.17) is 21.8 Å². The minimum absolute atomic E-state index is 0.0536. The highest BCUT2D eigenvalue weighted by atomic mass is 16.5. The lowest BCUT2D eigenvalue weighted by molar-refractivity contribution is -0.961. The summed E-state index contributed by atoms with van der Waals surface area (Å²) in [5, 5.41) is 9.84. The number of aliphatic hydroxyl groups excluding tert-OH is 1. The summed E-state index contributed by atoms with van der Waals surface area (Å²) in [6.45, 7) is -6.33. The minimum atomic E-state index is -3.50. The van der Waals surface area contributed by atoms with Gasteiger partial charge in [0.2, 0.25) is 0 Å². The van der Waals surface area contributed by atoms with Crippen molar-refractivity contribution in [2.45, 2.75) is 75.9 Å². The Bertz CT molecular complexity index is 1220. The molecule has 2 fully saturated rings. The number of carbonyl (C=O) groups excluding carboxylic acids is 1. The number of aliphatic hydroxyl groups is 1. The van der Waals surface area contributed by atoms with Gasteiger partial charge in [0.05, 0.1) is 35.0 Å². The Morgan fingerprint density at radius 2 is 1.85 bits per heavy atom. The van der Waals surface area contributed by atoms with Crippen LogP contribution >= 0.6 is 0 Å². The van der Waals surface area contributed by atoms with Gasteiger partial charge in [-0.15, -0.1) is 0 Å². The van der Waals surface area contributed by atoms with Gasteiger partial charge in [0.15, 0.2) is 0 Å². The first-order chi connectivity index (χ1) is 19.4. The molecule has 0 aromatic heterocycles. The number of benzene rings is 2. The smallest absolute Gasteiger partial charge is 0.316 e. The topological polar surface area (TPSA) is 55.8 Å². The zero-order valence-electron chi connectivity index (χ0n) is 27.9. The van der Waals surface area contributed by atoms with Crippen LogP contribution in [0, 0.1) is 0 Å². The minimum Gasteiger partial charge on any atom is -0.494 e. The third-order valence-electron chi connectivity index (χ3n) is 7.25. The fraction of sp³-hybridized carbons (Fsp3) is 0.536. The molecule has 5 nitrogen and oxygen atoms in total. The molecule has 2 unspecified atom stereocenters. The van der Waals surface area contributed by atoms with Crippen LogP contribution in [0.15, 0.2) is 54.6 Å². The quantitative estimate of drug-likeness (QED) is 0.407. The van der Waals surface area contributed by atoms with E-state index < -0.39 is 38.0 Å². The maximum absolute atomic E-state index is 12.9. The summed E-state index contributed by atoms with van der Waals surface area (Å²) < 4.78 is 81.2. The molecule has 33 heavy (non-hydrogen) atoms. The highest BCUT2D eigenvalue weighted by Crippen LogP contribution is 2.43. The number of ether oxygens (including phenoxy) is 2. The molecule has 0 aliphatic carbocycles. The van der Waals surface area contributed by atoms with Crippen LogP contribution in [0.2, 0.25) is 0 Å². The molecule has 2 aromatic carbocycles. The molecule has 2 bridgehead atoms. The summed E-state index contributed by atoms with van der Waals surface area (Å²) >= 11 is 0. The molecule has 0 saturated carbocycles. The second kappa shape index (κ2) is 10.7. The summed E-state index contributed by atoms with van der Waals surface area (Å²) in [5.74, 6) is -1.20. The second-order valence-electron chi connectivity index (χ2n) is 9.16. The third kappa shape index (κ3) is 5.42. The van der Waals surface area contributed by atoms with E-state index in [9.17, 15) is 9.90 Å². The maximum Gasteiger partial charge on any atom is 0.316 e. The van der Waals surface area contributed by atoms with Gasteiger partial charge < -0.3 is 19.1 Å². The largest absolute Gasteiger partial charge is 0.494 e. The number of nitrogens with zero attached hydrogens (tertiary/aromatic N) is 1. The van der Waals surface area contributed by atoms with E-state index in [0.717, 1.165) is 28.5 Å². The average Bonchev–Trinajstić information content (AvgIpc) is 3.05. The van der Waals surface area contributed by atoms with E-state index in [0.29, 0.717) is 19.4 Å². The van der Waals surface area contributed by atoms with Crippen molar-refractivity contribution in [1.29, 1.82) is 0 Å². The maximum atomic E-state index is 12.9. The van der Waals surface area contributed by atoms with Crippen LogP contribution in [0.25, 0.3) is 0 Å². The van der Waals surface area contributed by atoms with Crippen molar-refractivity contribution in [2.24, 2.45) is 0 Å². The van der Waals surface area contributed by atoms with Crippen LogP contribution in [0.4, 0.5) is 0 Å². The Kier molecular flexibility index (Phi) is 4.80. The number of rotatable bonds is 10. The normalized spacial score (nSPS) is 32.9. The Hall–Kier alpha value is -2.37. The Morgan fingerprint density at radius 3 is 2.48 bits per heavy atom. The number of carbonyl (C=O) groups is 1. The molecule has 0 radical (unpaired) electrons. The molecular formula is C28H38NO4+. The lowest BCUT2D eigenvalue weighted by atomic mass is 9.95. The summed E-state index contributed by atoms with van der Waals surface area (Å²) in [6.07, 6.45) is -3.83. The molecule has 178 valence electrons. The van der Waals surface area contributed by atoms with Crippen molar-refractivity contribution < 1.29 is 36.2 Å². The highest BCUT2D eigenvalue weighted by molar-refractivity contribution is 5.78. The summed E-state index contributed by atoms with van der Waals surface area (Å²) in [6, 6.07) is 16.0. The number of hydrogen-bond donors (Lipinski definition) is 1. The van der Waals surface area contributed by atoms with Crippen LogP contribution < -0.4 is 4.74 Å². The van der Waals surface area contributed by atoms with Gasteiger partial charge in [0, 0.05) is 40.8 Å². The zero-order chi connectivity index (χ0) is 31.1. The predicted molar refractivity (Wildman–Crippen MR) is 129 cm³/mol. The Labute approximate surface area is 210 Å². The fourth-order valence-corrected chi connectivity index (χ4v) is 5.46. The average molecular weight is 462 g/mol. The number of fused-ring (bicyclic) bond motifs is 2. The molecule has 2 aliphatic heterocycles. The van der Waals surface area contributed by atoms with Crippen LogP contribution in [-0.4, -0.2) is 54.0 Å². The lowest BCUT2D eigenvalue weighted by Gasteiger charge is -2.47.